The lowest BCUT2D eigenvalue weighted by Crippen LogP contribution is -1.93. The third-order valence-electron chi connectivity index (χ3n) is 2.50. The van der Waals surface area contributed by atoms with Crippen molar-refractivity contribution in [1.29, 1.82) is 0 Å². The normalized spacial score (nSPS) is 18.5. The number of alkyl halides is 2. The number of unbranched alkanes of at least 4 members (excludes halogenated alkanes) is 5. The van der Waals surface area contributed by atoms with E-state index in [0.717, 1.165) is 18.9 Å². The van der Waals surface area contributed by atoms with Crippen LogP contribution in [0.2, 0.25) is 0 Å². The van der Waals surface area contributed by atoms with Gasteiger partial charge >= 0.3 is 0 Å². The van der Waals surface area contributed by atoms with E-state index in [4.69, 9.17) is 0 Å². The summed E-state index contributed by atoms with van der Waals surface area (Å²) in [5.74, 6) is -2.50. The van der Waals surface area contributed by atoms with Crippen molar-refractivity contribution in [2.45, 2.75) is 57.8 Å². The van der Waals surface area contributed by atoms with Crippen molar-refractivity contribution in [2.75, 3.05) is 0 Å². The summed E-state index contributed by atoms with van der Waals surface area (Å²) in [5.41, 5.74) is 0.364. The zero-order valence-corrected chi connectivity index (χ0v) is 8.28. The summed E-state index contributed by atoms with van der Waals surface area (Å²) >= 11 is 0. The molecule has 0 spiro atoms. The van der Waals surface area contributed by atoms with Gasteiger partial charge in [0.25, 0.3) is 5.92 Å². The predicted octanol–water partition coefficient (Wildman–Crippen LogP) is 4.31. The van der Waals surface area contributed by atoms with Gasteiger partial charge in [-0.15, -0.1) is 0 Å². The quantitative estimate of drug-likeness (QED) is 0.412. The molecule has 0 aromatic heterocycles. The van der Waals surface area contributed by atoms with Gasteiger partial charge in [-0.25, -0.2) is 0 Å². The Bertz CT molecular complexity index is 183. The molecule has 0 heterocycles. The van der Waals surface area contributed by atoms with E-state index in [1.807, 2.05) is 0 Å². The zero-order chi connectivity index (χ0) is 9.73. The van der Waals surface area contributed by atoms with Crippen LogP contribution in [0.15, 0.2) is 11.6 Å². The summed E-state index contributed by atoms with van der Waals surface area (Å²) in [7, 11) is 0. The van der Waals surface area contributed by atoms with Gasteiger partial charge in [0.2, 0.25) is 0 Å². The Hall–Kier alpha value is -0.400. The summed E-state index contributed by atoms with van der Waals surface area (Å²) in [6.07, 6.45) is 8.71. The number of rotatable bonds is 7. The minimum atomic E-state index is -2.50. The smallest absolute Gasteiger partial charge is 0.197 e. The Kier molecular flexibility index (Phi) is 3.89. The molecule has 0 radical (unpaired) electrons. The highest BCUT2D eigenvalue weighted by molar-refractivity contribution is 5.37. The van der Waals surface area contributed by atoms with E-state index in [0.29, 0.717) is 12.0 Å². The van der Waals surface area contributed by atoms with Crippen LogP contribution in [0, 0.1) is 0 Å². The van der Waals surface area contributed by atoms with Crippen molar-refractivity contribution in [1.82, 2.24) is 0 Å². The minimum absolute atomic E-state index is 0.364. The Labute approximate surface area is 79.0 Å². The molecule has 1 aliphatic rings. The second-order valence-corrected chi connectivity index (χ2v) is 3.81. The third-order valence-corrected chi connectivity index (χ3v) is 2.50. The van der Waals surface area contributed by atoms with Gasteiger partial charge in [0.15, 0.2) is 0 Å². The van der Waals surface area contributed by atoms with Gasteiger partial charge in [-0.3, -0.25) is 0 Å². The molecule has 0 fully saturated rings. The summed E-state index contributed by atoms with van der Waals surface area (Å²) < 4.78 is 24.7. The maximum absolute atomic E-state index is 12.3. The van der Waals surface area contributed by atoms with E-state index in [-0.39, 0.29) is 0 Å². The van der Waals surface area contributed by atoms with Crippen LogP contribution in [0.5, 0.6) is 0 Å². The van der Waals surface area contributed by atoms with Crippen molar-refractivity contribution in [2.24, 2.45) is 0 Å². The van der Waals surface area contributed by atoms with Crippen LogP contribution in [0.25, 0.3) is 0 Å². The maximum atomic E-state index is 12.3. The highest BCUT2D eigenvalue weighted by atomic mass is 19.3. The third kappa shape index (κ3) is 3.88. The Morgan fingerprint density at radius 1 is 1.08 bits per heavy atom. The standard InChI is InChI=1S/C11H18F2/c1-2-3-4-5-6-7-8-10-9-11(10,12)13/h9H,2-8H2,1H3. The fraction of sp³-hybridized carbons (Fsp3) is 0.818. The average molecular weight is 188 g/mol. The number of halogens is 2. The predicted molar refractivity (Wildman–Crippen MR) is 51.0 cm³/mol. The molecule has 13 heavy (non-hydrogen) atoms. The highest BCUT2D eigenvalue weighted by Gasteiger charge is 2.44. The first kappa shape index (κ1) is 10.7. The molecule has 0 aliphatic heterocycles. The molecule has 0 aromatic carbocycles. The molecule has 0 atom stereocenters. The van der Waals surface area contributed by atoms with Crippen molar-refractivity contribution >= 4 is 0 Å². The summed E-state index contributed by atoms with van der Waals surface area (Å²) in [5, 5.41) is 0. The molecule has 0 amide bonds. The number of hydrogen-bond acceptors (Lipinski definition) is 0. The lowest BCUT2D eigenvalue weighted by Gasteiger charge is -1.99. The largest absolute Gasteiger partial charge is 0.288 e. The summed E-state index contributed by atoms with van der Waals surface area (Å²) in [6.45, 7) is 2.18. The lowest BCUT2D eigenvalue weighted by molar-refractivity contribution is 0.140. The number of allylic oxidation sites excluding steroid dienone is 2. The van der Waals surface area contributed by atoms with E-state index < -0.39 is 5.92 Å². The molecule has 0 aromatic rings. The molecule has 0 nitrogen and oxygen atoms in total. The first-order chi connectivity index (χ1) is 6.17. The van der Waals surface area contributed by atoms with Crippen LogP contribution < -0.4 is 0 Å². The number of hydrogen-bond donors (Lipinski definition) is 0. The molecule has 0 bridgehead atoms. The Morgan fingerprint density at radius 3 is 2.15 bits per heavy atom. The molecule has 1 aliphatic carbocycles. The monoisotopic (exact) mass is 188 g/mol. The topological polar surface area (TPSA) is 0 Å². The van der Waals surface area contributed by atoms with Gasteiger partial charge in [-0.05, 0) is 18.9 Å². The van der Waals surface area contributed by atoms with Crippen LogP contribution in [-0.2, 0) is 0 Å². The molecule has 0 saturated heterocycles. The van der Waals surface area contributed by atoms with Gasteiger partial charge in [0.05, 0.1) is 0 Å². The van der Waals surface area contributed by atoms with Crippen LogP contribution in [0.3, 0.4) is 0 Å². The van der Waals surface area contributed by atoms with Crippen molar-refractivity contribution in [3.8, 4) is 0 Å². The summed E-state index contributed by atoms with van der Waals surface area (Å²) in [4.78, 5) is 0. The maximum Gasteiger partial charge on any atom is 0.288 e. The van der Waals surface area contributed by atoms with E-state index in [1.54, 1.807) is 0 Å². The molecule has 0 N–H and O–H groups in total. The summed E-state index contributed by atoms with van der Waals surface area (Å²) in [6, 6.07) is 0. The second-order valence-electron chi connectivity index (χ2n) is 3.81. The van der Waals surface area contributed by atoms with Crippen molar-refractivity contribution in [3.05, 3.63) is 11.6 Å². The lowest BCUT2D eigenvalue weighted by atomic mass is 10.1. The van der Waals surface area contributed by atoms with Gasteiger partial charge in [-0.1, -0.05) is 39.0 Å². The SMILES string of the molecule is CCCCCCCCC1=CC1(F)F. The first-order valence-corrected chi connectivity index (χ1v) is 5.27. The fourth-order valence-electron chi connectivity index (χ4n) is 1.52. The molecular formula is C11H18F2. The molecule has 1 rings (SSSR count). The van der Waals surface area contributed by atoms with E-state index in [9.17, 15) is 8.78 Å². The van der Waals surface area contributed by atoms with E-state index >= 15 is 0 Å². The van der Waals surface area contributed by atoms with Crippen LogP contribution in [-0.4, -0.2) is 5.92 Å². The fourth-order valence-corrected chi connectivity index (χ4v) is 1.52. The second kappa shape index (κ2) is 4.73. The Balaban J connectivity index is 1.83. The minimum Gasteiger partial charge on any atom is -0.197 e. The molecule has 0 unspecified atom stereocenters. The van der Waals surface area contributed by atoms with Gasteiger partial charge in [-0.2, -0.15) is 8.78 Å². The van der Waals surface area contributed by atoms with Gasteiger partial charge in [0.1, 0.15) is 0 Å². The zero-order valence-electron chi connectivity index (χ0n) is 8.28. The van der Waals surface area contributed by atoms with E-state index in [2.05, 4.69) is 6.92 Å². The molecule has 76 valence electrons. The van der Waals surface area contributed by atoms with Gasteiger partial charge in [0, 0.05) is 5.57 Å². The molecule has 2 heteroatoms. The van der Waals surface area contributed by atoms with Crippen LogP contribution in [0.4, 0.5) is 8.78 Å². The highest BCUT2D eigenvalue weighted by Crippen LogP contribution is 2.43. The van der Waals surface area contributed by atoms with Crippen LogP contribution in [0.1, 0.15) is 51.9 Å². The van der Waals surface area contributed by atoms with Crippen molar-refractivity contribution in [3.63, 3.8) is 0 Å². The molecular weight excluding hydrogens is 170 g/mol. The average Bonchev–Trinajstić information content (AvgIpc) is 2.67. The Morgan fingerprint density at radius 2 is 1.62 bits per heavy atom. The molecule has 0 saturated carbocycles. The van der Waals surface area contributed by atoms with Crippen LogP contribution >= 0.6 is 0 Å². The first-order valence-electron chi connectivity index (χ1n) is 5.27. The van der Waals surface area contributed by atoms with Crippen molar-refractivity contribution < 1.29 is 8.78 Å². The van der Waals surface area contributed by atoms with Gasteiger partial charge < -0.3 is 0 Å². The van der Waals surface area contributed by atoms with E-state index in [1.165, 1.54) is 25.7 Å².